The highest BCUT2D eigenvalue weighted by Crippen LogP contribution is 2.31. The number of rotatable bonds is 14. The van der Waals surface area contributed by atoms with Gasteiger partial charge in [-0.3, -0.25) is 9.56 Å². The summed E-state index contributed by atoms with van der Waals surface area (Å²) >= 11 is 6.22. The lowest BCUT2D eigenvalue weighted by Gasteiger charge is -2.09. The first-order valence-corrected chi connectivity index (χ1v) is 14.7. The number of hydrogen-bond acceptors (Lipinski definition) is 6. The van der Waals surface area contributed by atoms with Crippen LogP contribution in [0.5, 0.6) is 0 Å². The van der Waals surface area contributed by atoms with Gasteiger partial charge in [0.1, 0.15) is 5.65 Å². The number of benzene rings is 2. The van der Waals surface area contributed by atoms with Crippen LogP contribution < -0.4 is 22.5 Å². The van der Waals surface area contributed by atoms with Gasteiger partial charge in [-0.25, -0.2) is 9.18 Å². The maximum atomic E-state index is 15.0. The van der Waals surface area contributed by atoms with Gasteiger partial charge < -0.3 is 26.9 Å². The van der Waals surface area contributed by atoms with E-state index in [1.165, 1.54) is 4.57 Å². The number of halogens is 2. The number of aliphatic hydroxyl groups is 1. The highest BCUT2D eigenvalue weighted by Gasteiger charge is 2.15. The van der Waals surface area contributed by atoms with Gasteiger partial charge in [0.2, 0.25) is 0 Å². The van der Waals surface area contributed by atoms with Crippen molar-refractivity contribution >= 4 is 28.5 Å². The lowest BCUT2D eigenvalue weighted by Crippen LogP contribution is -2.20. The fourth-order valence-corrected chi connectivity index (χ4v) is 4.81. The van der Waals surface area contributed by atoms with Crippen LogP contribution >= 0.6 is 11.6 Å². The van der Waals surface area contributed by atoms with Gasteiger partial charge in [0, 0.05) is 42.7 Å². The van der Waals surface area contributed by atoms with Crippen LogP contribution in [0.25, 0.3) is 28.0 Å². The molecule has 43 heavy (non-hydrogen) atoms. The Morgan fingerprint density at radius 1 is 1.21 bits per heavy atom. The topological polar surface area (TPSA) is 147 Å². The van der Waals surface area contributed by atoms with Crippen LogP contribution in [0.4, 0.5) is 4.39 Å². The standard InChI is InChI=1S/C30H37ClFN7O2.C2H4/c1-19(33)4-2-5-21-14-24(28(32)25(31)15-21)26-16-22-18-39(30(41)38-29(22)37-26)23-8-6-20(7-9-23)17-35-11-3-12-36-27(34)10-13-40;1-2/h6-9,14-16,18-19,35,40H,2-5,10-13,17,33H2,1H3,(H2,34,36)(H,37,38,41);1-2H2. The van der Waals surface area contributed by atoms with Crippen LogP contribution in [0.1, 0.15) is 43.7 Å². The monoisotopic (exact) mass is 609 g/mol. The Morgan fingerprint density at radius 3 is 2.65 bits per heavy atom. The average molecular weight is 610 g/mol. The van der Waals surface area contributed by atoms with Crippen molar-refractivity contribution in [2.75, 3.05) is 19.7 Å². The number of nitrogens with zero attached hydrogens (tertiary/aromatic N) is 3. The van der Waals surface area contributed by atoms with E-state index in [0.717, 1.165) is 43.4 Å². The largest absolute Gasteiger partial charge is 0.396 e. The normalized spacial score (nSPS) is 12.3. The summed E-state index contributed by atoms with van der Waals surface area (Å²) in [6.07, 6.45) is 5.40. The molecular weight excluding hydrogens is 569 g/mol. The maximum absolute atomic E-state index is 15.0. The number of nitrogens with two attached hydrogens (primary N) is 2. The van der Waals surface area contributed by atoms with E-state index in [9.17, 15) is 4.79 Å². The maximum Gasteiger partial charge on any atom is 0.354 e. The molecule has 0 aliphatic carbocycles. The summed E-state index contributed by atoms with van der Waals surface area (Å²) < 4.78 is 16.5. The fraction of sp³-hybridized carbons (Fsp3) is 0.344. The molecule has 4 aromatic rings. The molecule has 9 nitrogen and oxygen atoms in total. The van der Waals surface area contributed by atoms with Crippen molar-refractivity contribution in [2.24, 2.45) is 16.5 Å². The zero-order chi connectivity index (χ0) is 31.4. The summed E-state index contributed by atoms with van der Waals surface area (Å²) in [7, 11) is 0. The summed E-state index contributed by atoms with van der Waals surface area (Å²) in [5.74, 6) is -0.0523. The number of aromatic nitrogens is 3. The van der Waals surface area contributed by atoms with Crippen LogP contribution in [0.15, 0.2) is 71.6 Å². The molecule has 11 heteroatoms. The molecule has 2 aromatic carbocycles. The van der Waals surface area contributed by atoms with E-state index in [4.69, 9.17) is 28.2 Å². The van der Waals surface area contributed by atoms with Gasteiger partial charge in [0.15, 0.2) is 5.82 Å². The number of aryl methyl sites for hydroxylation is 1. The molecule has 0 saturated carbocycles. The number of nitrogens with one attached hydrogen (secondary N) is 2. The first-order chi connectivity index (χ1) is 20.7. The Morgan fingerprint density at radius 2 is 1.95 bits per heavy atom. The first-order valence-electron chi connectivity index (χ1n) is 14.3. The molecule has 7 N–H and O–H groups in total. The van der Waals surface area contributed by atoms with Gasteiger partial charge in [0.25, 0.3) is 0 Å². The summed E-state index contributed by atoms with van der Waals surface area (Å²) in [5, 5.41) is 12.9. The molecule has 1 unspecified atom stereocenters. The quantitative estimate of drug-likeness (QED) is 0.0597. The summed E-state index contributed by atoms with van der Waals surface area (Å²) in [4.78, 5) is 24.3. The third-order valence-corrected chi connectivity index (χ3v) is 7.02. The molecule has 0 radical (unpaired) electrons. The molecule has 1 atom stereocenters. The number of fused-ring (bicyclic) bond motifs is 1. The minimum Gasteiger partial charge on any atom is -0.396 e. The van der Waals surface area contributed by atoms with E-state index in [-0.39, 0.29) is 17.7 Å². The lowest BCUT2D eigenvalue weighted by atomic mass is 10.0. The SMILES string of the molecule is C=C.CC(N)CCCc1cc(Cl)c(F)c(-c2cc3cn(-c4ccc(CNCCCN=C(N)CCO)cc4)c(=O)nc3[nH]2)c1. The Balaban J connectivity index is 0.00000248. The summed E-state index contributed by atoms with van der Waals surface area (Å²) in [5.41, 5.74) is 15.0. The van der Waals surface area contributed by atoms with Crippen LogP contribution in [-0.2, 0) is 13.0 Å². The van der Waals surface area contributed by atoms with Crippen molar-refractivity contribution in [3.05, 3.63) is 94.3 Å². The fourth-order valence-electron chi connectivity index (χ4n) is 4.57. The second kappa shape index (κ2) is 16.7. The van der Waals surface area contributed by atoms with Crippen molar-refractivity contribution in [3.8, 4) is 16.9 Å². The van der Waals surface area contributed by atoms with Gasteiger partial charge in [-0.05, 0) is 80.6 Å². The third kappa shape index (κ3) is 9.59. The molecule has 0 amide bonds. The van der Waals surface area contributed by atoms with E-state index in [0.29, 0.717) is 53.3 Å². The van der Waals surface area contributed by atoms with E-state index in [1.54, 1.807) is 24.4 Å². The molecular formula is C32H41ClFN7O2. The zero-order valence-electron chi connectivity index (χ0n) is 24.6. The molecule has 2 aromatic heterocycles. The van der Waals surface area contributed by atoms with Crippen LogP contribution in [0.2, 0.25) is 5.02 Å². The van der Waals surface area contributed by atoms with Crippen molar-refractivity contribution < 1.29 is 9.50 Å². The lowest BCUT2D eigenvalue weighted by molar-refractivity contribution is 0.306. The number of hydrogen-bond donors (Lipinski definition) is 5. The molecule has 0 spiro atoms. The number of amidine groups is 1. The highest BCUT2D eigenvalue weighted by atomic mass is 35.5. The second-order valence-corrected chi connectivity index (χ2v) is 10.6. The number of aliphatic imine (C=N–C) groups is 1. The Kier molecular flexibility index (Phi) is 13.1. The van der Waals surface area contributed by atoms with Crippen LogP contribution in [-0.4, -0.2) is 51.2 Å². The predicted molar refractivity (Wildman–Crippen MR) is 174 cm³/mol. The average Bonchev–Trinajstić information content (AvgIpc) is 3.40. The molecule has 230 valence electrons. The Hall–Kier alpha value is -3.83. The zero-order valence-corrected chi connectivity index (χ0v) is 25.3. The third-order valence-electron chi connectivity index (χ3n) is 6.75. The van der Waals surface area contributed by atoms with Gasteiger partial charge in [-0.2, -0.15) is 4.98 Å². The Labute approximate surface area is 256 Å². The number of H-pyrrole nitrogens is 1. The predicted octanol–water partition coefficient (Wildman–Crippen LogP) is 4.86. The van der Waals surface area contributed by atoms with E-state index >= 15 is 4.39 Å². The first kappa shape index (κ1) is 33.7. The smallest absolute Gasteiger partial charge is 0.354 e. The van der Waals surface area contributed by atoms with Crippen molar-refractivity contribution in [1.29, 1.82) is 0 Å². The van der Waals surface area contributed by atoms with E-state index in [2.05, 4.69) is 33.4 Å². The van der Waals surface area contributed by atoms with Crippen LogP contribution in [0.3, 0.4) is 0 Å². The number of aromatic amines is 1. The Bertz CT molecular complexity index is 1560. The van der Waals surface area contributed by atoms with Gasteiger partial charge in [-0.1, -0.05) is 23.7 Å². The highest BCUT2D eigenvalue weighted by molar-refractivity contribution is 6.31. The minimum absolute atomic E-state index is 0.00536. The molecule has 0 aliphatic heterocycles. The van der Waals surface area contributed by atoms with Gasteiger partial charge in [-0.15, -0.1) is 13.2 Å². The summed E-state index contributed by atoms with van der Waals surface area (Å²) in [6, 6.07) is 12.9. The van der Waals surface area contributed by atoms with Crippen molar-refractivity contribution in [1.82, 2.24) is 19.9 Å². The van der Waals surface area contributed by atoms with E-state index < -0.39 is 11.5 Å². The minimum atomic E-state index is -0.521. The molecule has 4 rings (SSSR count). The molecule has 0 aliphatic rings. The molecule has 0 saturated heterocycles. The number of aliphatic hydroxyl groups excluding tert-OH is 1. The van der Waals surface area contributed by atoms with Crippen molar-refractivity contribution in [2.45, 2.75) is 51.6 Å². The molecule has 2 heterocycles. The summed E-state index contributed by atoms with van der Waals surface area (Å²) in [6.45, 7) is 10.0. The second-order valence-electron chi connectivity index (χ2n) is 10.2. The molecule has 0 bridgehead atoms. The van der Waals surface area contributed by atoms with E-state index in [1.807, 2.05) is 31.2 Å². The van der Waals surface area contributed by atoms with Crippen molar-refractivity contribution in [3.63, 3.8) is 0 Å². The van der Waals surface area contributed by atoms with Gasteiger partial charge >= 0.3 is 5.69 Å². The van der Waals surface area contributed by atoms with Gasteiger partial charge in [0.05, 0.1) is 28.8 Å². The van der Waals surface area contributed by atoms with Crippen LogP contribution in [0, 0.1) is 5.82 Å². The molecule has 0 fully saturated rings.